The van der Waals surface area contributed by atoms with Gasteiger partial charge in [0.15, 0.2) is 0 Å². The number of carbonyl (C=O) groups excluding carboxylic acids is 2. The van der Waals surface area contributed by atoms with E-state index >= 15 is 0 Å². The fraction of sp³-hybridized carbons (Fsp3) is 0.348. The normalized spacial score (nSPS) is 10.6. The van der Waals surface area contributed by atoms with E-state index in [0.29, 0.717) is 48.4 Å². The van der Waals surface area contributed by atoms with Gasteiger partial charge in [-0.05, 0) is 37.1 Å². The van der Waals surface area contributed by atoms with Crippen LogP contribution in [0.15, 0.2) is 47.6 Å². The largest absolute Gasteiger partial charge is 0.506 e. The van der Waals surface area contributed by atoms with Crippen LogP contribution >= 0.6 is 0 Å². The summed E-state index contributed by atoms with van der Waals surface area (Å²) in [6.07, 6.45) is 5.31. The maximum Gasteiger partial charge on any atom is 0.240 e. The van der Waals surface area contributed by atoms with Crippen molar-refractivity contribution in [2.24, 2.45) is 5.10 Å². The van der Waals surface area contributed by atoms with Crippen molar-refractivity contribution in [1.29, 1.82) is 0 Å². The summed E-state index contributed by atoms with van der Waals surface area (Å²) in [6.45, 7) is 0. The van der Waals surface area contributed by atoms with E-state index in [0.717, 1.165) is 12.8 Å². The lowest BCUT2D eigenvalue weighted by Crippen LogP contribution is -2.17. The first-order valence-electron chi connectivity index (χ1n) is 10.2. The monoisotopic (exact) mass is 427 g/mol. The third-order valence-electron chi connectivity index (χ3n) is 4.58. The molecule has 2 rings (SSSR count). The molecule has 31 heavy (non-hydrogen) atoms. The van der Waals surface area contributed by atoms with Gasteiger partial charge in [0.05, 0.1) is 31.7 Å². The molecule has 0 unspecified atom stereocenters. The highest BCUT2D eigenvalue weighted by Crippen LogP contribution is 2.26. The third kappa shape index (κ3) is 8.00. The third-order valence-corrected chi connectivity index (χ3v) is 4.58. The van der Waals surface area contributed by atoms with Crippen molar-refractivity contribution >= 4 is 23.7 Å². The number of rotatable bonds is 12. The fourth-order valence-corrected chi connectivity index (χ4v) is 2.95. The molecule has 0 radical (unpaired) electrons. The molecule has 0 spiro atoms. The van der Waals surface area contributed by atoms with E-state index in [1.165, 1.54) is 12.3 Å². The number of phenolic OH excluding ortho intramolecular Hbond substituents is 1. The van der Waals surface area contributed by atoms with E-state index in [4.69, 9.17) is 9.47 Å². The van der Waals surface area contributed by atoms with Crippen LogP contribution in [-0.4, -0.2) is 37.4 Å². The Labute approximate surface area is 182 Å². The van der Waals surface area contributed by atoms with E-state index in [-0.39, 0.29) is 17.6 Å². The van der Waals surface area contributed by atoms with Crippen molar-refractivity contribution < 1.29 is 24.2 Å². The summed E-state index contributed by atoms with van der Waals surface area (Å²) in [5.74, 6) is 0.934. The lowest BCUT2D eigenvalue weighted by molar-refractivity contribution is -0.121. The van der Waals surface area contributed by atoms with Crippen LogP contribution < -0.4 is 20.2 Å². The maximum absolute atomic E-state index is 11.9. The number of phenols is 1. The summed E-state index contributed by atoms with van der Waals surface area (Å²) < 4.78 is 10.6. The zero-order valence-electron chi connectivity index (χ0n) is 17.9. The minimum atomic E-state index is -0.178. The Bertz CT molecular complexity index is 876. The van der Waals surface area contributed by atoms with Gasteiger partial charge in [-0.25, -0.2) is 5.43 Å². The Morgan fingerprint density at radius 3 is 2.13 bits per heavy atom. The molecule has 0 aliphatic heterocycles. The van der Waals surface area contributed by atoms with Crippen molar-refractivity contribution in [3.63, 3.8) is 0 Å². The van der Waals surface area contributed by atoms with Crippen molar-refractivity contribution in [3.8, 4) is 17.2 Å². The van der Waals surface area contributed by atoms with Crippen molar-refractivity contribution in [2.45, 2.75) is 38.5 Å². The molecule has 8 heteroatoms. The molecule has 0 aromatic heterocycles. The number of ether oxygens (including phenoxy) is 2. The predicted molar refractivity (Wildman–Crippen MR) is 120 cm³/mol. The molecule has 0 saturated heterocycles. The number of benzene rings is 2. The Balaban J connectivity index is 1.62. The van der Waals surface area contributed by atoms with Crippen molar-refractivity contribution in [3.05, 3.63) is 48.0 Å². The first-order chi connectivity index (χ1) is 15.0. The van der Waals surface area contributed by atoms with Gasteiger partial charge < -0.3 is 19.9 Å². The Morgan fingerprint density at radius 2 is 1.52 bits per heavy atom. The SMILES string of the molecule is COc1cccc(OC)c1/C=N/NC(=O)CCCCCCC(=O)Nc1ccccc1O. The first kappa shape index (κ1) is 23.7. The lowest BCUT2D eigenvalue weighted by atomic mass is 10.1. The molecule has 166 valence electrons. The van der Waals surface area contributed by atoms with E-state index in [1.54, 1.807) is 44.6 Å². The standard InChI is InChI=1S/C23H29N3O5/c1-30-20-12-9-13-21(31-2)17(20)16-24-26-23(29)15-6-4-3-5-14-22(28)25-18-10-7-8-11-19(18)27/h7-13,16,27H,3-6,14-15H2,1-2H3,(H,25,28)(H,26,29)/b24-16+. The Kier molecular flexibility index (Phi) is 9.87. The number of anilines is 1. The number of hydrazone groups is 1. The van der Waals surface area contributed by atoms with Crippen molar-refractivity contribution in [2.75, 3.05) is 19.5 Å². The van der Waals surface area contributed by atoms with Gasteiger partial charge in [-0.3, -0.25) is 9.59 Å². The number of hydrogen-bond acceptors (Lipinski definition) is 6. The second-order valence-electron chi connectivity index (χ2n) is 6.85. The quantitative estimate of drug-likeness (QED) is 0.206. The molecule has 2 amide bonds. The summed E-state index contributed by atoms with van der Waals surface area (Å²) >= 11 is 0. The number of nitrogens with zero attached hydrogens (tertiary/aromatic N) is 1. The molecule has 0 aliphatic carbocycles. The van der Waals surface area contributed by atoms with Crippen LogP contribution in [0.4, 0.5) is 5.69 Å². The topological polar surface area (TPSA) is 109 Å². The predicted octanol–water partition coefficient (Wildman–Crippen LogP) is 3.84. The molecule has 8 nitrogen and oxygen atoms in total. The molecule has 0 bridgehead atoms. The van der Waals surface area contributed by atoms with Gasteiger partial charge in [0, 0.05) is 12.8 Å². The molecular formula is C23H29N3O5. The van der Waals surface area contributed by atoms with Crippen molar-refractivity contribution in [1.82, 2.24) is 5.43 Å². The summed E-state index contributed by atoms with van der Waals surface area (Å²) in [5.41, 5.74) is 3.57. The second-order valence-corrected chi connectivity index (χ2v) is 6.85. The smallest absolute Gasteiger partial charge is 0.240 e. The van der Waals surface area contributed by atoms with Crippen LogP contribution in [0.25, 0.3) is 0 Å². The molecule has 2 aromatic rings. The van der Waals surface area contributed by atoms with Gasteiger partial charge in [-0.15, -0.1) is 0 Å². The zero-order chi connectivity index (χ0) is 22.5. The van der Waals surface area contributed by atoms with Crippen LogP contribution in [-0.2, 0) is 9.59 Å². The number of hydrogen-bond donors (Lipinski definition) is 3. The number of nitrogens with one attached hydrogen (secondary N) is 2. The van der Waals surface area contributed by atoms with Crippen LogP contribution in [0.1, 0.15) is 44.1 Å². The molecule has 0 heterocycles. The second kappa shape index (κ2) is 12.9. The van der Waals surface area contributed by atoms with Crippen LogP contribution in [0.2, 0.25) is 0 Å². The zero-order valence-corrected chi connectivity index (χ0v) is 17.9. The Morgan fingerprint density at radius 1 is 0.903 bits per heavy atom. The average molecular weight is 428 g/mol. The van der Waals surface area contributed by atoms with Gasteiger partial charge in [0.2, 0.25) is 11.8 Å². The number of para-hydroxylation sites is 2. The number of methoxy groups -OCH3 is 2. The van der Waals surface area contributed by atoms with Gasteiger partial charge in [0.25, 0.3) is 0 Å². The highest BCUT2D eigenvalue weighted by Gasteiger charge is 2.08. The summed E-state index contributed by atoms with van der Waals surface area (Å²) in [6, 6.07) is 12.0. The minimum Gasteiger partial charge on any atom is -0.506 e. The van der Waals surface area contributed by atoms with E-state index in [9.17, 15) is 14.7 Å². The van der Waals surface area contributed by atoms with Crippen LogP contribution in [0.5, 0.6) is 17.2 Å². The molecule has 0 fully saturated rings. The number of carbonyl (C=O) groups is 2. The minimum absolute atomic E-state index is 0.0497. The molecule has 0 atom stereocenters. The molecule has 3 N–H and O–H groups in total. The van der Waals surface area contributed by atoms with E-state index in [2.05, 4.69) is 15.8 Å². The lowest BCUT2D eigenvalue weighted by Gasteiger charge is -2.09. The highest BCUT2D eigenvalue weighted by atomic mass is 16.5. The molecule has 2 aromatic carbocycles. The fourth-order valence-electron chi connectivity index (χ4n) is 2.95. The van der Waals surface area contributed by atoms with E-state index < -0.39 is 0 Å². The molecule has 0 saturated carbocycles. The summed E-state index contributed by atoms with van der Waals surface area (Å²) in [4.78, 5) is 23.9. The number of amides is 2. The highest BCUT2D eigenvalue weighted by molar-refractivity contribution is 5.92. The van der Waals surface area contributed by atoms with Gasteiger partial charge in [-0.2, -0.15) is 5.10 Å². The first-order valence-corrected chi connectivity index (χ1v) is 10.2. The van der Waals surface area contributed by atoms with Gasteiger partial charge in [0.1, 0.15) is 17.2 Å². The summed E-state index contributed by atoms with van der Waals surface area (Å²) in [5, 5.41) is 16.3. The van der Waals surface area contributed by atoms with Crippen LogP contribution in [0.3, 0.4) is 0 Å². The van der Waals surface area contributed by atoms with Crippen LogP contribution in [0, 0.1) is 0 Å². The van der Waals surface area contributed by atoms with Gasteiger partial charge in [-0.1, -0.05) is 31.0 Å². The molecule has 0 aliphatic rings. The van der Waals surface area contributed by atoms with Gasteiger partial charge >= 0.3 is 0 Å². The van der Waals surface area contributed by atoms with E-state index in [1.807, 2.05) is 6.07 Å². The maximum atomic E-state index is 11.9. The summed E-state index contributed by atoms with van der Waals surface area (Å²) in [7, 11) is 3.11. The average Bonchev–Trinajstić information content (AvgIpc) is 2.77. The molecular weight excluding hydrogens is 398 g/mol. The number of aromatic hydroxyl groups is 1. The Hall–Kier alpha value is -3.55. The number of unbranched alkanes of at least 4 members (excludes halogenated alkanes) is 3.